The van der Waals surface area contributed by atoms with Gasteiger partial charge in [0.05, 0.1) is 13.2 Å². The molecule has 1 fully saturated rings. The van der Waals surface area contributed by atoms with Gasteiger partial charge in [-0.15, -0.1) is 0 Å². The van der Waals surface area contributed by atoms with Gasteiger partial charge in [0.2, 0.25) is 5.91 Å². The maximum absolute atomic E-state index is 12.1. The number of nitrogens with one attached hydrogen (secondary N) is 1. The number of esters is 1. The van der Waals surface area contributed by atoms with Gasteiger partial charge < -0.3 is 10.1 Å². The average Bonchev–Trinajstić information content (AvgIpc) is 2.84. The van der Waals surface area contributed by atoms with Gasteiger partial charge in [0.1, 0.15) is 0 Å². The molecule has 1 unspecified atom stereocenters. The summed E-state index contributed by atoms with van der Waals surface area (Å²) in [5.41, 5.74) is 1.27. The van der Waals surface area contributed by atoms with E-state index in [-0.39, 0.29) is 17.9 Å². The van der Waals surface area contributed by atoms with Crippen LogP contribution in [0.5, 0.6) is 0 Å². The maximum atomic E-state index is 12.1. The lowest BCUT2D eigenvalue weighted by Crippen LogP contribution is -2.40. The number of nitrogens with zero attached hydrogens (tertiary/aromatic N) is 1. The van der Waals surface area contributed by atoms with Crippen LogP contribution in [0.25, 0.3) is 0 Å². The Labute approximate surface area is 154 Å². The van der Waals surface area contributed by atoms with E-state index in [0.29, 0.717) is 6.42 Å². The van der Waals surface area contributed by atoms with Crippen LogP contribution in [-0.4, -0.2) is 42.9 Å². The van der Waals surface area contributed by atoms with Gasteiger partial charge in [-0.05, 0) is 75.2 Å². The minimum Gasteiger partial charge on any atom is -0.469 e. The minimum absolute atomic E-state index is 0.0644. The topological polar surface area (TPSA) is 58.6 Å². The summed E-state index contributed by atoms with van der Waals surface area (Å²) in [6, 6.07) is 8.39. The highest BCUT2D eigenvalue weighted by Crippen LogP contribution is 2.26. The summed E-state index contributed by atoms with van der Waals surface area (Å²) in [5, 5.41) is 2.98. The summed E-state index contributed by atoms with van der Waals surface area (Å²) >= 11 is 1.62. The minimum atomic E-state index is -0.141. The number of benzene rings is 1. The van der Waals surface area contributed by atoms with E-state index >= 15 is 0 Å². The normalized spacial score (nSPS) is 17.9. The van der Waals surface area contributed by atoms with Crippen molar-refractivity contribution in [2.45, 2.75) is 55.9 Å². The molecule has 1 N–H and O–H groups in total. The third-order valence-electron chi connectivity index (χ3n) is 4.44. The molecule has 1 aliphatic heterocycles. The Bertz CT molecular complexity index is 562. The Morgan fingerprint density at radius 2 is 2.04 bits per heavy atom. The SMILES string of the molecule is COC(=O)CCCCc1ccc(SN(C)C2CCCCNC2=O)cc1. The molecule has 0 spiro atoms. The number of ether oxygens (including phenoxy) is 1. The van der Waals surface area contributed by atoms with Crippen molar-refractivity contribution < 1.29 is 14.3 Å². The van der Waals surface area contributed by atoms with Crippen molar-refractivity contribution in [3.8, 4) is 0 Å². The molecule has 1 aromatic carbocycles. The number of methoxy groups -OCH3 is 1. The summed E-state index contributed by atoms with van der Waals surface area (Å²) in [6.45, 7) is 0.790. The Kier molecular flexibility index (Phi) is 8.28. The van der Waals surface area contributed by atoms with Gasteiger partial charge in [0, 0.05) is 17.9 Å². The van der Waals surface area contributed by atoms with Crippen LogP contribution in [0.3, 0.4) is 0 Å². The molecule has 0 aliphatic carbocycles. The fraction of sp³-hybridized carbons (Fsp3) is 0.579. The second kappa shape index (κ2) is 10.5. The fourth-order valence-corrected chi connectivity index (χ4v) is 3.84. The first kappa shape index (κ1) is 19.8. The van der Waals surface area contributed by atoms with Crippen molar-refractivity contribution in [1.82, 2.24) is 9.62 Å². The summed E-state index contributed by atoms with van der Waals surface area (Å²) in [5.74, 6) is -0.00735. The summed E-state index contributed by atoms with van der Waals surface area (Å²) < 4.78 is 6.71. The van der Waals surface area contributed by atoms with Crippen LogP contribution in [0, 0.1) is 0 Å². The number of aryl methyl sites for hydroxylation is 1. The van der Waals surface area contributed by atoms with E-state index in [2.05, 4.69) is 38.6 Å². The second-order valence-corrected chi connectivity index (χ2v) is 7.60. The van der Waals surface area contributed by atoms with Crippen LogP contribution in [0.15, 0.2) is 29.2 Å². The number of carbonyl (C=O) groups is 2. The number of hydrogen-bond acceptors (Lipinski definition) is 5. The third kappa shape index (κ3) is 6.71. The molecule has 25 heavy (non-hydrogen) atoms. The highest BCUT2D eigenvalue weighted by atomic mass is 32.2. The van der Waals surface area contributed by atoms with Gasteiger partial charge >= 0.3 is 5.97 Å². The molecule has 1 atom stereocenters. The molecule has 6 heteroatoms. The van der Waals surface area contributed by atoms with Crippen LogP contribution >= 0.6 is 11.9 Å². The lowest BCUT2D eigenvalue weighted by Gasteiger charge is -2.24. The quantitative estimate of drug-likeness (QED) is 0.436. The molecule has 1 amide bonds. The van der Waals surface area contributed by atoms with Gasteiger partial charge in [0.25, 0.3) is 0 Å². The number of likely N-dealkylation sites (N-methyl/N-ethyl adjacent to an activating group) is 1. The van der Waals surface area contributed by atoms with Crippen LogP contribution in [0.4, 0.5) is 0 Å². The van der Waals surface area contributed by atoms with E-state index in [1.807, 2.05) is 7.05 Å². The molecule has 0 saturated carbocycles. The predicted octanol–water partition coefficient (Wildman–Crippen LogP) is 3.18. The van der Waals surface area contributed by atoms with E-state index < -0.39 is 0 Å². The first-order valence-electron chi connectivity index (χ1n) is 8.94. The van der Waals surface area contributed by atoms with Crippen LogP contribution in [0.2, 0.25) is 0 Å². The van der Waals surface area contributed by atoms with Gasteiger partial charge in [-0.2, -0.15) is 0 Å². The smallest absolute Gasteiger partial charge is 0.305 e. The van der Waals surface area contributed by atoms with Crippen molar-refractivity contribution in [3.63, 3.8) is 0 Å². The Balaban J connectivity index is 1.79. The molecule has 0 radical (unpaired) electrons. The third-order valence-corrected chi connectivity index (χ3v) is 5.47. The number of rotatable bonds is 8. The number of hydrogen-bond donors (Lipinski definition) is 1. The molecule has 1 aromatic rings. The summed E-state index contributed by atoms with van der Waals surface area (Å²) in [4.78, 5) is 24.3. The van der Waals surface area contributed by atoms with E-state index in [1.54, 1.807) is 11.9 Å². The maximum Gasteiger partial charge on any atom is 0.305 e. The molecule has 1 aliphatic rings. The first-order chi connectivity index (χ1) is 12.1. The molecule has 1 saturated heterocycles. The second-order valence-electron chi connectivity index (χ2n) is 6.37. The monoisotopic (exact) mass is 364 g/mol. The van der Waals surface area contributed by atoms with Gasteiger partial charge in [-0.1, -0.05) is 12.1 Å². The summed E-state index contributed by atoms with van der Waals surface area (Å²) in [6.07, 6.45) is 6.33. The van der Waals surface area contributed by atoms with E-state index in [1.165, 1.54) is 12.7 Å². The standard InChI is InChI=1S/C19H28N2O3S/c1-21(17-8-5-6-14-20-19(17)23)25-16-12-10-15(11-13-16)7-3-4-9-18(22)24-2/h10-13,17H,3-9,14H2,1-2H3,(H,20,23). The van der Waals surface area contributed by atoms with E-state index in [0.717, 1.165) is 50.0 Å². The van der Waals surface area contributed by atoms with Crippen LogP contribution in [0.1, 0.15) is 44.1 Å². The molecule has 2 rings (SSSR count). The number of amides is 1. The molecule has 0 aromatic heterocycles. The van der Waals surface area contributed by atoms with E-state index in [4.69, 9.17) is 0 Å². The fourth-order valence-electron chi connectivity index (χ4n) is 2.92. The van der Waals surface area contributed by atoms with Crippen molar-refractivity contribution >= 4 is 23.8 Å². The van der Waals surface area contributed by atoms with Crippen molar-refractivity contribution in [1.29, 1.82) is 0 Å². The zero-order chi connectivity index (χ0) is 18.1. The molecule has 5 nitrogen and oxygen atoms in total. The van der Waals surface area contributed by atoms with Crippen LogP contribution in [-0.2, 0) is 20.7 Å². The molecular formula is C19H28N2O3S. The lowest BCUT2D eigenvalue weighted by molar-refractivity contribution is -0.140. The Morgan fingerprint density at radius 1 is 1.28 bits per heavy atom. The van der Waals surface area contributed by atoms with Gasteiger partial charge in [-0.3, -0.25) is 9.59 Å². The largest absolute Gasteiger partial charge is 0.469 e. The summed E-state index contributed by atoms with van der Waals surface area (Å²) in [7, 11) is 3.41. The molecule has 1 heterocycles. The average molecular weight is 365 g/mol. The number of unbranched alkanes of at least 4 members (excludes halogenated alkanes) is 1. The van der Waals surface area contributed by atoms with Crippen LogP contribution < -0.4 is 5.32 Å². The zero-order valence-electron chi connectivity index (χ0n) is 15.1. The molecular weight excluding hydrogens is 336 g/mol. The van der Waals surface area contributed by atoms with Crippen molar-refractivity contribution in [2.75, 3.05) is 20.7 Å². The highest BCUT2D eigenvalue weighted by Gasteiger charge is 2.25. The highest BCUT2D eigenvalue weighted by molar-refractivity contribution is 7.97. The molecule has 0 bridgehead atoms. The zero-order valence-corrected chi connectivity index (χ0v) is 15.9. The van der Waals surface area contributed by atoms with Gasteiger partial charge in [0.15, 0.2) is 0 Å². The van der Waals surface area contributed by atoms with Crippen molar-refractivity contribution in [3.05, 3.63) is 29.8 Å². The Hall–Kier alpha value is -1.53. The van der Waals surface area contributed by atoms with E-state index in [9.17, 15) is 9.59 Å². The first-order valence-corrected chi connectivity index (χ1v) is 9.72. The molecule has 138 valence electrons. The van der Waals surface area contributed by atoms with Crippen molar-refractivity contribution in [2.24, 2.45) is 0 Å². The van der Waals surface area contributed by atoms with Gasteiger partial charge in [-0.25, -0.2) is 4.31 Å². The predicted molar refractivity (Wildman–Crippen MR) is 100 cm³/mol. The number of carbonyl (C=O) groups excluding carboxylic acids is 2. The Morgan fingerprint density at radius 3 is 2.76 bits per heavy atom. The lowest BCUT2D eigenvalue weighted by atomic mass is 10.1.